The van der Waals surface area contributed by atoms with E-state index in [2.05, 4.69) is 76.1 Å². The Morgan fingerprint density at radius 3 is 2.00 bits per heavy atom. The molecule has 0 fully saturated rings. The number of rotatable bonds is 6. The maximum Gasteiger partial charge on any atom is 0.00278 e. The average molecular weight is 269 g/mol. The molecular weight excluding hydrogens is 242 g/mol. The highest BCUT2D eigenvalue weighted by Crippen LogP contribution is 2.28. The molecule has 0 radical (unpaired) electrons. The minimum atomic E-state index is 0.470. The highest BCUT2D eigenvalue weighted by molar-refractivity contribution is 5.73. The molecule has 0 amide bonds. The Morgan fingerprint density at radius 2 is 1.55 bits per heavy atom. The molecule has 0 aliphatic rings. The maximum atomic E-state index is 4.22. The standard InChI is InChI=1S/C19H27N/c1-14(2)18(19(13-20-6)15(3)4)12-16(5)17-10-8-7-9-11-17/h7-15,20H,5H2,1-4,6H3/b18-12-,19-13-. The lowest BCUT2D eigenvalue weighted by atomic mass is 9.86. The zero-order valence-electron chi connectivity index (χ0n) is 13.4. The van der Waals surface area contributed by atoms with Gasteiger partial charge in [-0.05, 0) is 40.3 Å². The molecule has 1 nitrogen and oxygen atoms in total. The minimum absolute atomic E-state index is 0.470. The maximum absolute atomic E-state index is 4.22. The van der Waals surface area contributed by atoms with Gasteiger partial charge in [-0.3, -0.25) is 0 Å². The van der Waals surface area contributed by atoms with Gasteiger partial charge in [0.1, 0.15) is 0 Å². The SMILES string of the molecule is C=C(/C=C(\C(=C/NC)C(C)C)C(C)C)c1ccccc1. The topological polar surface area (TPSA) is 12.0 Å². The van der Waals surface area contributed by atoms with Crippen LogP contribution in [0.3, 0.4) is 0 Å². The quantitative estimate of drug-likeness (QED) is 0.713. The summed E-state index contributed by atoms with van der Waals surface area (Å²) in [5, 5.41) is 3.16. The second kappa shape index (κ2) is 7.74. The third-order valence-electron chi connectivity index (χ3n) is 3.35. The molecule has 0 saturated carbocycles. The van der Waals surface area contributed by atoms with Crippen molar-refractivity contribution in [2.45, 2.75) is 27.7 Å². The van der Waals surface area contributed by atoms with E-state index < -0.39 is 0 Å². The molecule has 20 heavy (non-hydrogen) atoms. The van der Waals surface area contributed by atoms with Crippen molar-refractivity contribution in [2.24, 2.45) is 11.8 Å². The van der Waals surface area contributed by atoms with Crippen molar-refractivity contribution in [1.29, 1.82) is 0 Å². The first-order valence-corrected chi connectivity index (χ1v) is 7.31. The normalized spacial score (nSPS) is 12.9. The summed E-state index contributed by atoms with van der Waals surface area (Å²) in [6.07, 6.45) is 4.33. The molecule has 0 bridgehead atoms. The Morgan fingerprint density at radius 1 is 1.00 bits per heavy atom. The molecule has 0 aliphatic heterocycles. The van der Waals surface area contributed by atoms with Gasteiger partial charge in [0.15, 0.2) is 0 Å². The smallest absolute Gasteiger partial charge is 0.00278 e. The summed E-state index contributed by atoms with van der Waals surface area (Å²) in [5.74, 6) is 0.956. The first-order chi connectivity index (χ1) is 9.47. The summed E-state index contributed by atoms with van der Waals surface area (Å²) in [4.78, 5) is 0. The highest BCUT2D eigenvalue weighted by atomic mass is 14.8. The van der Waals surface area contributed by atoms with Crippen molar-refractivity contribution in [3.05, 3.63) is 65.9 Å². The zero-order chi connectivity index (χ0) is 15.1. The van der Waals surface area contributed by atoms with Gasteiger partial charge in [-0.1, -0.05) is 70.7 Å². The predicted molar refractivity (Wildman–Crippen MR) is 90.4 cm³/mol. The lowest BCUT2D eigenvalue weighted by molar-refractivity contribution is 0.695. The van der Waals surface area contributed by atoms with E-state index in [4.69, 9.17) is 0 Å². The predicted octanol–water partition coefficient (Wildman–Crippen LogP) is 5.04. The van der Waals surface area contributed by atoms with Gasteiger partial charge in [0.25, 0.3) is 0 Å². The Hall–Kier alpha value is -1.76. The van der Waals surface area contributed by atoms with E-state index in [1.54, 1.807) is 0 Å². The van der Waals surface area contributed by atoms with Gasteiger partial charge in [-0.25, -0.2) is 0 Å². The second-order valence-electron chi connectivity index (χ2n) is 5.69. The van der Waals surface area contributed by atoms with Gasteiger partial charge in [0.2, 0.25) is 0 Å². The third kappa shape index (κ3) is 4.41. The van der Waals surface area contributed by atoms with Gasteiger partial charge in [-0.2, -0.15) is 0 Å². The van der Waals surface area contributed by atoms with E-state index in [9.17, 15) is 0 Å². The lowest BCUT2D eigenvalue weighted by Crippen LogP contribution is -2.08. The molecular formula is C19H27N. The largest absolute Gasteiger partial charge is 0.394 e. The summed E-state index contributed by atoms with van der Waals surface area (Å²) in [5.41, 5.74) is 4.94. The number of benzene rings is 1. The Labute approximate surface area is 124 Å². The summed E-state index contributed by atoms with van der Waals surface area (Å²) >= 11 is 0. The molecule has 1 aromatic rings. The second-order valence-corrected chi connectivity index (χ2v) is 5.69. The fourth-order valence-electron chi connectivity index (χ4n) is 2.25. The van der Waals surface area contributed by atoms with E-state index in [1.807, 2.05) is 13.1 Å². The van der Waals surface area contributed by atoms with Crippen LogP contribution in [0.25, 0.3) is 5.57 Å². The van der Waals surface area contributed by atoms with Crippen LogP contribution in [0.1, 0.15) is 33.3 Å². The van der Waals surface area contributed by atoms with E-state index in [0.29, 0.717) is 11.8 Å². The van der Waals surface area contributed by atoms with E-state index in [-0.39, 0.29) is 0 Å². The van der Waals surface area contributed by atoms with Crippen LogP contribution in [-0.4, -0.2) is 7.05 Å². The Bertz CT molecular complexity index is 490. The van der Waals surface area contributed by atoms with Gasteiger partial charge in [0, 0.05) is 7.05 Å². The molecule has 1 rings (SSSR count). The third-order valence-corrected chi connectivity index (χ3v) is 3.35. The van der Waals surface area contributed by atoms with Crippen LogP contribution >= 0.6 is 0 Å². The first kappa shape index (κ1) is 16.3. The van der Waals surface area contributed by atoms with Crippen molar-refractivity contribution in [2.75, 3.05) is 7.05 Å². The van der Waals surface area contributed by atoms with Crippen LogP contribution in [0.5, 0.6) is 0 Å². The van der Waals surface area contributed by atoms with Crippen molar-refractivity contribution >= 4 is 5.57 Å². The van der Waals surface area contributed by atoms with Crippen molar-refractivity contribution in [3.63, 3.8) is 0 Å². The van der Waals surface area contributed by atoms with Crippen LogP contribution in [0.15, 0.2) is 60.3 Å². The molecule has 0 aliphatic carbocycles. The van der Waals surface area contributed by atoms with Crippen molar-refractivity contribution in [3.8, 4) is 0 Å². The van der Waals surface area contributed by atoms with E-state index >= 15 is 0 Å². The molecule has 0 unspecified atom stereocenters. The van der Waals surface area contributed by atoms with Crippen LogP contribution in [0, 0.1) is 11.8 Å². The molecule has 1 aromatic carbocycles. The van der Waals surface area contributed by atoms with Crippen molar-refractivity contribution < 1.29 is 0 Å². The summed E-state index contributed by atoms with van der Waals surface area (Å²) < 4.78 is 0. The number of allylic oxidation sites excluding steroid dienone is 4. The number of hydrogen-bond acceptors (Lipinski definition) is 1. The van der Waals surface area contributed by atoms with Crippen molar-refractivity contribution in [1.82, 2.24) is 5.32 Å². The summed E-state index contributed by atoms with van der Waals surface area (Å²) in [7, 11) is 1.95. The van der Waals surface area contributed by atoms with E-state index in [1.165, 1.54) is 16.7 Å². The van der Waals surface area contributed by atoms with Gasteiger partial charge < -0.3 is 5.32 Å². The minimum Gasteiger partial charge on any atom is -0.394 e. The molecule has 1 heteroatoms. The molecule has 0 atom stereocenters. The lowest BCUT2D eigenvalue weighted by Gasteiger charge is -2.20. The van der Waals surface area contributed by atoms with Gasteiger partial charge in [-0.15, -0.1) is 0 Å². The summed E-state index contributed by atoms with van der Waals surface area (Å²) in [6, 6.07) is 10.3. The summed E-state index contributed by atoms with van der Waals surface area (Å²) in [6.45, 7) is 13.1. The molecule has 0 heterocycles. The highest BCUT2D eigenvalue weighted by Gasteiger charge is 2.13. The first-order valence-electron chi connectivity index (χ1n) is 7.31. The van der Waals surface area contributed by atoms with Crippen LogP contribution in [-0.2, 0) is 0 Å². The Kier molecular flexibility index (Phi) is 6.30. The molecule has 0 spiro atoms. The molecule has 1 N–H and O–H groups in total. The number of nitrogens with one attached hydrogen (secondary N) is 1. The number of hydrogen-bond donors (Lipinski definition) is 1. The molecule has 0 aromatic heterocycles. The fourth-order valence-corrected chi connectivity index (χ4v) is 2.25. The molecule has 108 valence electrons. The van der Waals surface area contributed by atoms with Crippen LogP contribution in [0.4, 0.5) is 0 Å². The monoisotopic (exact) mass is 269 g/mol. The average Bonchev–Trinajstić information content (AvgIpc) is 2.42. The van der Waals surface area contributed by atoms with Crippen LogP contribution < -0.4 is 5.32 Å². The molecule has 0 saturated heterocycles. The fraction of sp³-hybridized carbons (Fsp3) is 0.368. The zero-order valence-corrected chi connectivity index (χ0v) is 13.4. The van der Waals surface area contributed by atoms with Gasteiger partial charge in [0.05, 0.1) is 0 Å². The Balaban J connectivity index is 3.17. The van der Waals surface area contributed by atoms with Gasteiger partial charge >= 0.3 is 0 Å². The van der Waals surface area contributed by atoms with Crippen LogP contribution in [0.2, 0.25) is 0 Å². The van der Waals surface area contributed by atoms with E-state index in [0.717, 1.165) is 5.57 Å².